The van der Waals surface area contributed by atoms with E-state index in [1.165, 1.54) is 12.7 Å². The van der Waals surface area contributed by atoms with E-state index in [4.69, 9.17) is 22.1 Å². The molecule has 0 radical (unpaired) electrons. The zero-order valence-electron chi connectivity index (χ0n) is 17.4. The maximum absolute atomic E-state index is 12.6. The molecule has 2 amide bonds. The Kier molecular flexibility index (Phi) is 7.66. The number of ether oxygens (including phenoxy) is 1. The first kappa shape index (κ1) is 23.2. The van der Waals surface area contributed by atoms with Crippen molar-refractivity contribution < 1.29 is 19.1 Å². The standard InChI is InChI=1S/C21H25ClN4O4S/c1-13-17(21(29)30-2)20(31-18(13)19(23)28)24-16(27)12-26-9-7-25(8-10-26)11-14-3-5-15(22)6-4-14/h3-6H,7-12H2,1-2H3,(H2,23,28)(H,24,27). The number of carbonyl (C=O) groups excluding carboxylic acids is 3. The van der Waals surface area contributed by atoms with Crippen molar-refractivity contribution in [2.75, 3.05) is 45.2 Å². The molecule has 1 aromatic carbocycles. The second kappa shape index (κ2) is 10.2. The fraction of sp³-hybridized carbons (Fsp3) is 0.381. The highest BCUT2D eigenvalue weighted by atomic mass is 35.5. The van der Waals surface area contributed by atoms with Crippen LogP contribution in [0.1, 0.15) is 31.2 Å². The molecule has 166 valence electrons. The van der Waals surface area contributed by atoms with Gasteiger partial charge in [-0.1, -0.05) is 23.7 Å². The molecule has 0 unspecified atom stereocenters. The molecule has 3 N–H and O–H groups in total. The number of rotatable bonds is 7. The number of primary amides is 1. The molecule has 1 aliphatic heterocycles. The smallest absolute Gasteiger partial charge is 0.341 e. The van der Waals surface area contributed by atoms with E-state index in [2.05, 4.69) is 15.1 Å². The Labute approximate surface area is 189 Å². The molecule has 8 nitrogen and oxygen atoms in total. The van der Waals surface area contributed by atoms with E-state index in [9.17, 15) is 14.4 Å². The number of hydrogen-bond acceptors (Lipinski definition) is 7. The average Bonchev–Trinajstić information content (AvgIpc) is 3.06. The Bertz CT molecular complexity index is 969. The van der Waals surface area contributed by atoms with Crippen LogP contribution >= 0.6 is 22.9 Å². The van der Waals surface area contributed by atoms with Crippen LogP contribution in [0, 0.1) is 6.92 Å². The predicted molar refractivity (Wildman–Crippen MR) is 121 cm³/mol. The summed E-state index contributed by atoms with van der Waals surface area (Å²) in [6, 6.07) is 7.81. The molecule has 1 saturated heterocycles. The number of nitrogens with zero attached hydrogens (tertiary/aromatic N) is 2. The minimum Gasteiger partial charge on any atom is -0.465 e. The van der Waals surface area contributed by atoms with Crippen molar-refractivity contribution in [3.05, 3.63) is 50.9 Å². The molecular weight excluding hydrogens is 440 g/mol. The molecule has 3 rings (SSSR count). The van der Waals surface area contributed by atoms with E-state index < -0.39 is 11.9 Å². The summed E-state index contributed by atoms with van der Waals surface area (Å²) >= 11 is 6.92. The van der Waals surface area contributed by atoms with Crippen LogP contribution in [0.15, 0.2) is 24.3 Å². The molecule has 2 aromatic rings. The second-order valence-electron chi connectivity index (χ2n) is 7.34. The summed E-state index contributed by atoms with van der Waals surface area (Å²) in [6.07, 6.45) is 0. The maximum atomic E-state index is 12.6. The van der Waals surface area contributed by atoms with Gasteiger partial charge in [0.2, 0.25) is 5.91 Å². The number of thiophene rings is 1. The number of piperazine rings is 1. The highest BCUT2D eigenvalue weighted by molar-refractivity contribution is 7.18. The van der Waals surface area contributed by atoms with Crippen molar-refractivity contribution in [1.29, 1.82) is 0 Å². The first-order valence-electron chi connectivity index (χ1n) is 9.79. The fourth-order valence-electron chi connectivity index (χ4n) is 3.51. The zero-order valence-corrected chi connectivity index (χ0v) is 19.0. The topological polar surface area (TPSA) is 105 Å². The Balaban J connectivity index is 1.56. The molecule has 1 aromatic heterocycles. The summed E-state index contributed by atoms with van der Waals surface area (Å²) in [6.45, 7) is 5.82. The van der Waals surface area contributed by atoms with Crippen LogP contribution < -0.4 is 11.1 Å². The van der Waals surface area contributed by atoms with Crippen LogP contribution in [0.3, 0.4) is 0 Å². The second-order valence-corrected chi connectivity index (χ2v) is 8.80. The summed E-state index contributed by atoms with van der Waals surface area (Å²) in [5, 5.41) is 3.75. The zero-order chi connectivity index (χ0) is 22.5. The number of methoxy groups -OCH3 is 1. The minimum absolute atomic E-state index is 0.169. The van der Waals surface area contributed by atoms with Crippen LogP contribution in [0.2, 0.25) is 5.02 Å². The molecule has 0 spiro atoms. The van der Waals surface area contributed by atoms with Gasteiger partial charge in [0.1, 0.15) is 5.00 Å². The van der Waals surface area contributed by atoms with Crippen molar-refractivity contribution in [1.82, 2.24) is 9.80 Å². The first-order valence-corrected chi connectivity index (χ1v) is 11.0. The van der Waals surface area contributed by atoms with Crippen LogP contribution in [-0.4, -0.2) is 67.4 Å². The molecule has 0 bridgehead atoms. The Hall–Kier alpha value is -2.46. The van der Waals surface area contributed by atoms with Gasteiger partial charge < -0.3 is 15.8 Å². The van der Waals surface area contributed by atoms with Crippen molar-refractivity contribution in [3.63, 3.8) is 0 Å². The number of anilines is 1. The maximum Gasteiger partial charge on any atom is 0.341 e. The lowest BCUT2D eigenvalue weighted by Gasteiger charge is -2.34. The van der Waals surface area contributed by atoms with Crippen LogP contribution in [0.25, 0.3) is 0 Å². The molecule has 0 atom stereocenters. The van der Waals surface area contributed by atoms with Crippen LogP contribution in [-0.2, 0) is 16.1 Å². The number of benzene rings is 1. The van der Waals surface area contributed by atoms with Crippen molar-refractivity contribution >= 4 is 45.7 Å². The third-order valence-corrected chi connectivity index (χ3v) is 6.64. The van der Waals surface area contributed by atoms with Gasteiger partial charge in [-0.05, 0) is 30.2 Å². The lowest BCUT2D eigenvalue weighted by atomic mass is 10.1. The van der Waals surface area contributed by atoms with Gasteiger partial charge in [-0.2, -0.15) is 0 Å². The lowest BCUT2D eigenvalue weighted by Crippen LogP contribution is -2.48. The number of carbonyl (C=O) groups is 3. The lowest BCUT2D eigenvalue weighted by molar-refractivity contribution is -0.117. The number of nitrogens with two attached hydrogens (primary N) is 1. The van der Waals surface area contributed by atoms with E-state index >= 15 is 0 Å². The third kappa shape index (κ3) is 5.82. The summed E-state index contributed by atoms with van der Waals surface area (Å²) in [7, 11) is 1.25. The quantitative estimate of drug-likeness (QED) is 0.609. The molecule has 0 saturated carbocycles. The third-order valence-electron chi connectivity index (χ3n) is 5.16. The molecule has 31 heavy (non-hydrogen) atoms. The number of esters is 1. The molecule has 10 heteroatoms. The van der Waals surface area contributed by atoms with Crippen molar-refractivity contribution in [3.8, 4) is 0 Å². The summed E-state index contributed by atoms with van der Waals surface area (Å²) < 4.78 is 4.79. The summed E-state index contributed by atoms with van der Waals surface area (Å²) in [5.41, 5.74) is 7.16. The highest BCUT2D eigenvalue weighted by Gasteiger charge is 2.26. The molecular formula is C21H25ClN4O4S. The van der Waals surface area contributed by atoms with E-state index in [-0.39, 0.29) is 27.9 Å². The first-order chi connectivity index (χ1) is 14.8. The van der Waals surface area contributed by atoms with Crippen molar-refractivity contribution in [2.45, 2.75) is 13.5 Å². The Morgan fingerprint density at radius 2 is 1.74 bits per heavy atom. The van der Waals surface area contributed by atoms with E-state index in [1.54, 1.807) is 6.92 Å². The summed E-state index contributed by atoms with van der Waals surface area (Å²) in [5.74, 6) is -1.52. The van der Waals surface area contributed by atoms with Gasteiger partial charge in [0.15, 0.2) is 0 Å². The van der Waals surface area contributed by atoms with Crippen molar-refractivity contribution in [2.24, 2.45) is 5.73 Å². The Morgan fingerprint density at radius 3 is 2.32 bits per heavy atom. The van der Waals surface area contributed by atoms with Crippen LogP contribution in [0.4, 0.5) is 5.00 Å². The average molecular weight is 465 g/mol. The van der Waals surface area contributed by atoms with E-state index in [1.807, 2.05) is 24.3 Å². The molecule has 0 aliphatic carbocycles. The normalized spacial score (nSPS) is 14.9. The van der Waals surface area contributed by atoms with Gasteiger partial charge in [-0.15, -0.1) is 11.3 Å². The molecule has 1 fully saturated rings. The predicted octanol–water partition coefficient (Wildman–Crippen LogP) is 2.35. The van der Waals surface area contributed by atoms with E-state index in [0.717, 1.165) is 49.1 Å². The largest absolute Gasteiger partial charge is 0.465 e. The van der Waals surface area contributed by atoms with Gasteiger partial charge >= 0.3 is 5.97 Å². The molecule has 2 heterocycles. The number of nitrogens with one attached hydrogen (secondary N) is 1. The SMILES string of the molecule is COC(=O)c1c(NC(=O)CN2CCN(Cc3ccc(Cl)cc3)CC2)sc(C(N)=O)c1C. The highest BCUT2D eigenvalue weighted by Crippen LogP contribution is 2.33. The van der Waals surface area contributed by atoms with Gasteiger partial charge in [0.05, 0.1) is 24.1 Å². The summed E-state index contributed by atoms with van der Waals surface area (Å²) in [4.78, 5) is 41.0. The Morgan fingerprint density at radius 1 is 1.13 bits per heavy atom. The van der Waals surface area contributed by atoms with Crippen LogP contribution in [0.5, 0.6) is 0 Å². The monoisotopic (exact) mass is 464 g/mol. The number of halogens is 1. The number of hydrogen-bond donors (Lipinski definition) is 2. The minimum atomic E-state index is -0.648. The number of amides is 2. The van der Waals surface area contributed by atoms with Gasteiger partial charge in [0.25, 0.3) is 5.91 Å². The van der Waals surface area contributed by atoms with Gasteiger partial charge in [0, 0.05) is 37.7 Å². The van der Waals surface area contributed by atoms with Gasteiger partial charge in [-0.3, -0.25) is 19.4 Å². The van der Waals surface area contributed by atoms with E-state index in [0.29, 0.717) is 5.56 Å². The fourth-order valence-corrected chi connectivity index (χ4v) is 4.70. The molecule has 1 aliphatic rings. The van der Waals surface area contributed by atoms with Gasteiger partial charge in [-0.25, -0.2) is 4.79 Å².